The second-order valence-corrected chi connectivity index (χ2v) is 7.46. The van der Waals surface area contributed by atoms with Crippen molar-refractivity contribution in [1.82, 2.24) is 14.9 Å². The van der Waals surface area contributed by atoms with Crippen molar-refractivity contribution in [2.75, 3.05) is 17.2 Å². The van der Waals surface area contributed by atoms with Gasteiger partial charge in [-0.1, -0.05) is 13.8 Å². The van der Waals surface area contributed by atoms with Crippen molar-refractivity contribution in [3.63, 3.8) is 0 Å². The van der Waals surface area contributed by atoms with Crippen LogP contribution in [0, 0.1) is 12.3 Å². The fourth-order valence-electron chi connectivity index (χ4n) is 2.91. The van der Waals surface area contributed by atoms with E-state index in [0.717, 1.165) is 0 Å². The Morgan fingerprint density at radius 3 is 2.55 bits per heavy atom. The predicted molar refractivity (Wildman–Crippen MR) is 107 cm³/mol. The van der Waals surface area contributed by atoms with Gasteiger partial charge in [-0.25, -0.2) is 14.8 Å². The first-order valence-electron chi connectivity index (χ1n) is 9.18. The van der Waals surface area contributed by atoms with Crippen molar-refractivity contribution in [2.45, 2.75) is 34.1 Å². The van der Waals surface area contributed by atoms with Crippen LogP contribution in [-0.2, 0) is 9.59 Å². The summed E-state index contributed by atoms with van der Waals surface area (Å²) >= 11 is 0. The van der Waals surface area contributed by atoms with Crippen LogP contribution in [0.2, 0.25) is 0 Å². The van der Waals surface area contributed by atoms with E-state index in [4.69, 9.17) is 4.74 Å². The number of anilines is 2. The van der Waals surface area contributed by atoms with Crippen molar-refractivity contribution in [1.29, 1.82) is 0 Å². The van der Waals surface area contributed by atoms with Crippen LogP contribution in [0.1, 0.15) is 32.9 Å². The Kier molecular flexibility index (Phi) is 5.49. The SMILES string of the molecule is CC(=O)Nc1cc(Oc2ccc(NC(=O)N3CCC(C)(C)C3=O)nc2C)ccn1. The van der Waals surface area contributed by atoms with Crippen LogP contribution in [0.5, 0.6) is 11.5 Å². The Morgan fingerprint density at radius 1 is 1.17 bits per heavy atom. The van der Waals surface area contributed by atoms with Crippen LogP contribution < -0.4 is 15.4 Å². The lowest BCUT2D eigenvalue weighted by atomic mass is 9.92. The number of rotatable bonds is 4. The Bertz CT molecular complexity index is 973. The monoisotopic (exact) mass is 397 g/mol. The Labute approximate surface area is 168 Å². The van der Waals surface area contributed by atoms with Gasteiger partial charge < -0.3 is 10.1 Å². The van der Waals surface area contributed by atoms with Gasteiger partial charge >= 0.3 is 6.03 Å². The summed E-state index contributed by atoms with van der Waals surface area (Å²) < 4.78 is 5.80. The number of hydrogen-bond acceptors (Lipinski definition) is 6. The normalized spacial score (nSPS) is 15.2. The Balaban J connectivity index is 1.68. The van der Waals surface area contributed by atoms with Gasteiger partial charge in [0.2, 0.25) is 11.8 Å². The summed E-state index contributed by atoms with van der Waals surface area (Å²) in [4.78, 5) is 45.4. The average Bonchev–Trinajstić information content (AvgIpc) is 2.90. The van der Waals surface area contributed by atoms with E-state index in [1.54, 1.807) is 31.2 Å². The van der Waals surface area contributed by atoms with E-state index in [0.29, 0.717) is 41.8 Å². The highest BCUT2D eigenvalue weighted by Crippen LogP contribution is 2.31. The third kappa shape index (κ3) is 4.68. The largest absolute Gasteiger partial charge is 0.455 e. The molecule has 0 radical (unpaired) electrons. The number of nitrogens with zero attached hydrogens (tertiary/aromatic N) is 3. The molecule has 9 nitrogen and oxygen atoms in total. The number of carbonyl (C=O) groups excluding carboxylic acids is 3. The van der Waals surface area contributed by atoms with Crippen LogP contribution in [0.25, 0.3) is 0 Å². The summed E-state index contributed by atoms with van der Waals surface area (Å²) in [5.74, 6) is 1.25. The van der Waals surface area contributed by atoms with E-state index in [9.17, 15) is 14.4 Å². The summed E-state index contributed by atoms with van der Waals surface area (Å²) in [7, 11) is 0. The third-order valence-corrected chi connectivity index (χ3v) is 4.57. The maximum atomic E-state index is 12.4. The number of urea groups is 1. The fraction of sp³-hybridized carbons (Fsp3) is 0.350. The smallest absolute Gasteiger partial charge is 0.329 e. The zero-order valence-electron chi connectivity index (χ0n) is 16.8. The molecule has 9 heteroatoms. The molecule has 29 heavy (non-hydrogen) atoms. The lowest BCUT2D eigenvalue weighted by Crippen LogP contribution is -2.39. The minimum Gasteiger partial charge on any atom is -0.455 e. The molecule has 0 spiro atoms. The number of likely N-dealkylation sites (tertiary alicyclic amines) is 1. The molecule has 1 saturated heterocycles. The molecule has 4 amide bonds. The zero-order valence-corrected chi connectivity index (χ0v) is 16.8. The second kappa shape index (κ2) is 7.86. The molecular weight excluding hydrogens is 374 g/mol. The summed E-state index contributed by atoms with van der Waals surface area (Å²) in [5.41, 5.74) is 0.0210. The maximum absolute atomic E-state index is 12.4. The number of ether oxygens (including phenoxy) is 1. The topological polar surface area (TPSA) is 114 Å². The minimum atomic E-state index is -0.529. The molecule has 2 N–H and O–H groups in total. The van der Waals surface area contributed by atoms with E-state index in [2.05, 4.69) is 20.6 Å². The molecule has 0 bridgehead atoms. The molecule has 0 saturated carbocycles. The van der Waals surface area contributed by atoms with Crippen LogP contribution in [0.15, 0.2) is 30.5 Å². The molecule has 0 atom stereocenters. The summed E-state index contributed by atoms with van der Waals surface area (Å²) in [6, 6.07) is 6.03. The molecule has 2 aromatic heterocycles. The van der Waals surface area contributed by atoms with Crippen LogP contribution in [0.3, 0.4) is 0 Å². The minimum absolute atomic E-state index is 0.195. The number of carbonyl (C=O) groups is 3. The van der Waals surface area contributed by atoms with Gasteiger partial charge in [-0.15, -0.1) is 0 Å². The lowest BCUT2D eigenvalue weighted by Gasteiger charge is -2.18. The molecule has 1 fully saturated rings. The van der Waals surface area contributed by atoms with E-state index in [1.165, 1.54) is 18.0 Å². The molecule has 0 unspecified atom stereocenters. The Morgan fingerprint density at radius 2 is 1.93 bits per heavy atom. The number of aromatic nitrogens is 2. The maximum Gasteiger partial charge on any atom is 0.329 e. The highest BCUT2D eigenvalue weighted by molar-refractivity contribution is 6.03. The van der Waals surface area contributed by atoms with E-state index >= 15 is 0 Å². The predicted octanol–water partition coefficient (Wildman–Crippen LogP) is 3.33. The van der Waals surface area contributed by atoms with Crippen molar-refractivity contribution in [3.05, 3.63) is 36.2 Å². The van der Waals surface area contributed by atoms with Gasteiger partial charge in [0.15, 0.2) is 0 Å². The number of hydrogen-bond donors (Lipinski definition) is 2. The number of pyridine rings is 2. The Hall–Kier alpha value is -3.49. The van der Waals surface area contributed by atoms with Gasteiger partial charge in [0, 0.05) is 31.1 Å². The van der Waals surface area contributed by atoms with Gasteiger partial charge in [-0.05, 0) is 31.5 Å². The molecule has 1 aliphatic rings. The number of imide groups is 1. The highest BCUT2D eigenvalue weighted by Gasteiger charge is 2.41. The van der Waals surface area contributed by atoms with Gasteiger partial charge in [-0.2, -0.15) is 0 Å². The first-order valence-corrected chi connectivity index (χ1v) is 9.18. The van der Waals surface area contributed by atoms with Gasteiger partial charge in [0.25, 0.3) is 0 Å². The molecule has 0 aliphatic carbocycles. The summed E-state index contributed by atoms with van der Waals surface area (Å²) in [6.07, 6.45) is 2.15. The van der Waals surface area contributed by atoms with Crippen molar-refractivity contribution in [2.24, 2.45) is 5.41 Å². The quantitative estimate of drug-likeness (QED) is 0.818. The van der Waals surface area contributed by atoms with E-state index in [1.807, 2.05) is 13.8 Å². The first kappa shape index (κ1) is 20.2. The summed E-state index contributed by atoms with van der Waals surface area (Å²) in [5, 5.41) is 5.24. The molecular formula is C20H23N5O4. The second-order valence-electron chi connectivity index (χ2n) is 7.46. The van der Waals surface area contributed by atoms with Crippen molar-refractivity contribution in [3.8, 4) is 11.5 Å². The molecule has 1 aliphatic heterocycles. The van der Waals surface area contributed by atoms with Gasteiger partial charge in [-0.3, -0.25) is 19.8 Å². The molecule has 0 aromatic carbocycles. The molecule has 3 heterocycles. The highest BCUT2D eigenvalue weighted by atomic mass is 16.5. The van der Waals surface area contributed by atoms with Crippen LogP contribution in [-0.4, -0.2) is 39.3 Å². The lowest BCUT2D eigenvalue weighted by molar-refractivity contribution is -0.131. The fourth-order valence-corrected chi connectivity index (χ4v) is 2.91. The van der Waals surface area contributed by atoms with E-state index in [-0.39, 0.29) is 11.8 Å². The number of aryl methyl sites for hydroxylation is 1. The first-order chi connectivity index (χ1) is 13.7. The zero-order chi connectivity index (χ0) is 21.2. The third-order valence-electron chi connectivity index (χ3n) is 4.57. The average molecular weight is 397 g/mol. The van der Waals surface area contributed by atoms with Crippen LogP contribution in [0.4, 0.5) is 16.4 Å². The number of amides is 4. The number of nitrogens with one attached hydrogen (secondary N) is 2. The van der Waals surface area contributed by atoms with Crippen LogP contribution >= 0.6 is 0 Å². The summed E-state index contributed by atoms with van der Waals surface area (Å²) in [6.45, 7) is 7.18. The van der Waals surface area contributed by atoms with Gasteiger partial charge in [0.1, 0.15) is 23.1 Å². The van der Waals surface area contributed by atoms with E-state index < -0.39 is 11.4 Å². The molecule has 3 rings (SSSR count). The molecule has 2 aromatic rings. The standard InChI is InChI=1S/C20H23N5O4/c1-12-15(29-14-7-9-21-17(11-14)23-13(2)26)5-6-16(22-12)24-19(28)25-10-8-20(3,4)18(25)27/h5-7,9,11H,8,10H2,1-4H3,(H,21,23,26)(H,22,24,28). The molecule has 152 valence electrons. The van der Waals surface area contributed by atoms with Crippen molar-refractivity contribution < 1.29 is 19.1 Å². The van der Waals surface area contributed by atoms with Gasteiger partial charge in [0.05, 0.1) is 5.69 Å². The van der Waals surface area contributed by atoms with Crippen molar-refractivity contribution >= 4 is 29.5 Å².